The molecular weight excluding hydrogens is 228 g/mol. The average molecular weight is 238 g/mol. The van der Waals surface area contributed by atoms with Crippen LogP contribution in [-0.2, 0) is 0 Å². The van der Waals surface area contributed by atoms with E-state index in [1.807, 2.05) is 12.1 Å². The zero-order valence-electron chi connectivity index (χ0n) is 9.75. The van der Waals surface area contributed by atoms with Gasteiger partial charge in [-0.15, -0.1) is 0 Å². The van der Waals surface area contributed by atoms with Crippen LogP contribution in [0.2, 0.25) is 0 Å². The number of hydrogen-bond donors (Lipinski definition) is 0. The van der Waals surface area contributed by atoms with Gasteiger partial charge in [0.1, 0.15) is 6.07 Å². The molecule has 4 nitrogen and oxygen atoms in total. The average Bonchev–Trinajstić information content (AvgIpc) is 2.39. The Labute approximate surface area is 104 Å². The van der Waals surface area contributed by atoms with Gasteiger partial charge in [0.2, 0.25) is 0 Å². The van der Waals surface area contributed by atoms with Crippen molar-refractivity contribution in [1.29, 1.82) is 5.26 Å². The van der Waals surface area contributed by atoms with E-state index in [0.29, 0.717) is 5.69 Å². The molecule has 0 atom stereocenters. The molecule has 2 aromatic rings. The van der Waals surface area contributed by atoms with Crippen molar-refractivity contribution in [2.75, 3.05) is 0 Å². The Bertz CT molecular complexity index is 694. The number of Topliss-reactive ketones (excluding diaryl/α,β-unsaturated/α-hetero) is 1. The SMILES string of the molecule is CC(=O)c1cc(C#N)cn(-c2ccccc2)c1=O. The lowest BCUT2D eigenvalue weighted by atomic mass is 10.1. The van der Waals surface area contributed by atoms with E-state index in [9.17, 15) is 9.59 Å². The number of nitriles is 1. The largest absolute Gasteiger partial charge is 0.294 e. The summed E-state index contributed by atoms with van der Waals surface area (Å²) in [6, 6.07) is 12.2. The van der Waals surface area contributed by atoms with E-state index in [1.54, 1.807) is 24.3 Å². The van der Waals surface area contributed by atoms with Crippen LogP contribution in [0.25, 0.3) is 5.69 Å². The van der Waals surface area contributed by atoms with Crippen LogP contribution in [0.15, 0.2) is 47.4 Å². The second kappa shape index (κ2) is 4.68. The number of pyridine rings is 1. The standard InChI is InChI=1S/C14H10N2O2/c1-10(17)13-7-11(8-15)9-16(14(13)18)12-5-3-2-4-6-12/h2-7,9H,1H3. The molecule has 0 aliphatic carbocycles. The van der Waals surface area contributed by atoms with Crippen LogP contribution in [0.1, 0.15) is 22.8 Å². The molecule has 88 valence electrons. The number of benzene rings is 1. The molecule has 0 unspecified atom stereocenters. The fraction of sp³-hybridized carbons (Fsp3) is 0.0714. The molecule has 18 heavy (non-hydrogen) atoms. The van der Waals surface area contributed by atoms with Crippen LogP contribution in [0.4, 0.5) is 0 Å². The summed E-state index contributed by atoms with van der Waals surface area (Å²) < 4.78 is 1.31. The minimum Gasteiger partial charge on any atom is -0.294 e. The van der Waals surface area contributed by atoms with Gasteiger partial charge in [-0.1, -0.05) is 18.2 Å². The maximum Gasteiger partial charge on any atom is 0.266 e. The number of carbonyl (C=O) groups is 1. The molecule has 0 saturated carbocycles. The number of carbonyl (C=O) groups excluding carboxylic acids is 1. The summed E-state index contributed by atoms with van der Waals surface area (Å²) in [6.45, 7) is 1.31. The summed E-state index contributed by atoms with van der Waals surface area (Å²) >= 11 is 0. The van der Waals surface area contributed by atoms with Gasteiger partial charge >= 0.3 is 0 Å². The van der Waals surface area contributed by atoms with Gasteiger partial charge in [0.15, 0.2) is 5.78 Å². The summed E-state index contributed by atoms with van der Waals surface area (Å²) in [6.07, 6.45) is 1.43. The summed E-state index contributed by atoms with van der Waals surface area (Å²) in [4.78, 5) is 23.5. The highest BCUT2D eigenvalue weighted by molar-refractivity contribution is 5.94. The van der Waals surface area contributed by atoms with Crippen LogP contribution in [0.5, 0.6) is 0 Å². The lowest BCUT2D eigenvalue weighted by Crippen LogP contribution is -2.24. The summed E-state index contributed by atoms with van der Waals surface area (Å²) in [5.41, 5.74) is 0.524. The third-order valence-corrected chi connectivity index (χ3v) is 2.56. The van der Waals surface area contributed by atoms with Gasteiger partial charge in [0.25, 0.3) is 5.56 Å². The molecule has 0 N–H and O–H groups in total. The fourth-order valence-electron chi connectivity index (χ4n) is 1.68. The summed E-state index contributed by atoms with van der Waals surface area (Å²) in [5.74, 6) is -0.346. The number of rotatable bonds is 2. The van der Waals surface area contributed by atoms with E-state index in [-0.39, 0.29) is 16.9 Å². The molecular formula is C14H10N2O2. The van der Waals surface area contributed by atoms with E-state index in [2.05, 4.69) is 0 Å². The van der Waals surface area contributed by atoms with Gasteiger partial charge < -0.3 is 0 Å². The Balaban J connectivity index is 2.76. The molecule has 0 bridgehead atoms. The summed E-state index contributed by atoms with van der Waals surface area (Å²) in [7, 11) is 0. The van der Waals surface area contributed by atoms with Crippen molar-refractivity contribution in [1.82, 2.24) is 4.57 Å². The fourth-order valence-corrected chi connectivity index (χ4v) is 1.68. The van der Waals surface area contributed by atoms with Crippen LogP contribution in [-0.4, -0.2) is 10.4 Å². The van der Waals surface area contributed by atoms with Gasteiger partial charge in [0.05, 0.1) is 11.1 Å². The highest BCUT2D eigenvalue weighted by Crippen LogP contribution is 2.07. The zero-order valence-corrected chi connectivity index (χ0v) is 9.75. The molecule has 2 rings (SSSR count). The molecule has 1 aromatic heterocycles. The zero-order chi connectivity index (χ0) is 13.1. The molecule has 1 aromatic carbocycles. The first-order valence-electron chi connectivity index (χ1n) is 5.36. The van der Waals surface area contributed by atoms with Crippen molar-refractivity contribution in [3.8, 4) is 11.8 Å². The predicted octanol–water partition coefficient (Wildman–Crippen LogP) is 1.91. The van der Waals surface area contributed by atoms with Crippen LogP contribution < -0.4 is 5.56 Å². The smallest absolute Gasteiger partial charge is 0.266 e. The molecule has 4 heteroatoms. The Morgan fingerprint density at radius 1 is 1.28 bits per heavy atom. The van der Waals surface area contributed by atoms with Crippen molar-refractivity contribution in [2.24, 2.45) is 0 Å². The van der Waals surface area contributed by atoms with E-state index < -0.39 is 5.56 Å². The Morgan fingerprint density at radius 2 is 1.94 bits per heavy atom. The second-order valence-electron chi connectivity index (χ2n) is 3.82. The second-order valence-corrected chi connectivity index (χ2v) is 3.82. The molecule has 1 heterocycles. The maximum atomic E-state index is 12.1. The first-order valence-corrected chi connectivity index (χ1v) is 5.36. The first-order chi connectivity index (χ1) is 8.63. The monoisotopic (exact) mass is 238 g/mol. The van der Waals surface area contributed by atoms with Crippen LogP contribution in [0, 0.1) is 11.3 Å². The summed E-state index contributed by atoms with van der Waals surface area (Å²) in [5, 5.41) is 8.93. The van der Waals surface area contributed by atoms with Crippen molar-refractivity contribution in [3.63, 3.8) is 0 Å². The third-order valence-electron chi connectivity index (χ3n) is 2.56. The Morgan fingerprint density at radius 3 is 2.50 bits per heavy atom. The van der Waals surface area contributed by atoms with Gasteiger partial charge in [-0.25, -0.2) is 0 Å². The number of ketones is 1. The van der Waals surface area contributed by atoms with Gasteiger partial charge in [-0.3, -0.25) is 14.2 Å². The highest BCUT2D eigenvalue weighted by Gasteiger charge is 2.11. The van der Waals surface area contributed by atoms with Crippen molar-refractivity contribution >= 4 is 5.78 Å². The van der Waals surface area contributed by atoms with E-state index in [4.69, 9.17) is 5.26 Å². The minimum atomic E-state index is -0.410. The lowest BCUT2D eigenvalue weighted by molar-refractivity contribution is 0.101. The maximum absolute atomic E-state index is 12.1. The van der Waals surface area contributed by atoms with E-state index in [0.717, 1.165) is 0 Å². The molecule has 0 radical (unpaired) electrons. The molecule has 0 amide bonds. The number of aromatic nitrogens is 1. The highest BCUT2D eigenvalue weighted by atomic mass is 16.1. The normalized spacial score (nSPS) is 9.78. The third kappa shape index (κ3) is 2.06. The Hall–Kier alpha value is -2.67. The van der Waals surface area contributed by atoms with Gasteiger partial charge in [-0.2, -0.15) is 5.26 Å². The van der Waals surface area contributed by atoms with Crippen LogP contribution in [0.3, 0.4) is 0 Å². The molecule has 0 aliphatic heterocycles. The molecule has 0 saturated heterocycles. The van der Waals surface area contributed by atoms with Crippen molar-refractivity contribution < 1.29 is 4.79 Å². The van der Waals surface area contributed by atoms with Crippen molar-refractivity contribution in [2.45, 2.75) is 6.92 Å². The number of nitrogens with zero attached hydrogens (tertiary/aromatic N) is 2. The van der Waals surface area contributed by atoms with E-state index >= 15 is 0 Å². The quantitative estimate of drug-likeness (QED) is 0.751. The Kier molecular flexibility index (Phi) is 3.07. The minimum absolute atomic E-state index is 0.0258. The topological polar surface area (TPSA) is 62.9 Å². The van der Waals surface area contributed by atoms with E-state index in [1.165, 1.54) is 23.8 Å². The predicted molar refractivity (Wildman–Crippen MR) is 66.8 cm³/mol. The molecule has 0 spiro atoms. The first kappa shape index (κ1) is 11.8. The molecule has 0 fully saturated rings. The van der Waals surface area contributed by atoms with Crippen molar-refractivity contribution in [3.05, 3.63) is 64.1 Å². The van der Waals surface area contributed by atoms with Gasteiger partial charge in [-0.05, 0) is 25.1 Å². The number of para-hydroxylation sites is 1. The van der Waals surface area contributed by atoms with Gasteiger partial charge in [0, 0.05) is 11.9 Å². The molecule has 0 aliphatic rings. The lowest BCUT2D eigenvalue weighted by Gasteiger charge is -2.07. The number of hydrogen-bond acceptors (Lipinski definition) is 3. The van der Waals surface area contributed by atoms with Crippen LogP contribution >= 0.6 is 0 Å².